The van der Waals surface area contributed by atoms with E-state index in [-0.39, 0.29) is 11.4 Å². The number of halogens is 2. The number of carbonyl (C=O) groups is 1. The number of aliphatic carboxylic acids is 1. The third kappa shape index (κ3) is 2.59. The highest BCUT2D eigenvalue weighted by Crippen LogP contribution is 2.17. The van der Waals surface area contributed by atoms with Crippen LogP contribution in [0.25, 0.3) is 5.69 Å². The molecule has 0 unspecified atom stereocenters. The first-order valence-electron chi connectivity index (χ1n) is 4.64. The second kappa shape index (κ2) is 4.50. The van der Waals surface area contributed by atoms with Gasteiger partial charge in [-0.25, -0.2) is 9.07 Å². The lowest BCUT2D eigenvalue weighted by molar-refractivity contribution is -0.136. The molecule has 1 heterocycles. The van der Waals surface area contributed by atoms with Crippen molar-refractivity contribution in [3.8, 4) is 5.69 Å². The van der Waals surface area contributed by atoms with Crippen LogP contribution in [-0.4, -0.2) is 26.1 Å². The second-order valence-corrected chi connectivity index (χ2v) is 3.73. The Hall–Kier alpha value is -1.95. The lowest BCUT2D eigenvalue weighted by Crippen LogP contribution is -2.00. The van der Waals surface area contributed by atoms with Crippen LogP contribution in [0.3, 0.4) is 0 Å². The smallest absolute Gasteiger partial charge is 0.309 e. The van der Waals surface area contributed by atoms with E-state index in [9.17, 15) is 9.18 Å². The number of hydrogen-bond donors (Lipinski definition) is 1. The van der Waals surface area contributed by atoms with Crippen LogP contribution in [0.4, 0.5) is 4.39 Å². The number of carboxylic acids is 1. The highest BCUT2D eigenvalue weighted by atomic mass is 35.5. The molecule has 1 N–H and O–H groups in total. The molecule has 0 amide bonds. The maximum Gasteiger partial charge on any atom is 0.309 e. The molecule has 2 rings (SSSR count). The van der Waals surface area contributed by atoms with Crippen LogP contribution >= 0.6 is 11.6 Å². The minimum absolute atomic E-state index is 0.0135. The van der Waals surface area contributed by atoms with Crippen molar-refractivity contribution in [3.05, 3.63) is 40.9 Å². The standard InChI is InChI=1S/C10H7ClFN3O2/c11-8-2-1-7(4-9(8)12)15-5-6(13-14-15)3-10(16)17/h1-2,4-5H,3H2,(H,16,17). The van der Waals surface area contributed by atoms with E-state index in [1.165, 1.54) is 23.0 Å². The molecule has 1 aromatic carbocycles. The first-order valence-corrected chi connectivity index (χ1v) is 5.02. The fourth-order valence-corrected chi connectivity index (χ4v) is 1.41. The van der Waals surface area contributed by atoms with Crippen LogP contribution in [0.5, 0.6) is 0 Å². The Morgan fingerprint density at radius 2 is 2.29 bits per heavy atom. The van der Waals surface area contributed by atoms with E-state index in [1.54, 1.807) is 6.07 Å². The summed E-state index contributed by atoms with van der Waals surface area (Å²) in [4.78, 5) is 10.5. The van der Waals surface area contributed by atoms with Crippen LogP contribution in [0.2, 0.25) is 5.02 Å². The van der Waals surface area contributed by atoms with Crippen LogP contribution in [0.15, 0.2) is 24.4 Å². The molecule has 0 aliphatic carbocycles. The zero-order valence-electron chi connectivity index (χ0n) is 8.47. The number of benzene rings is 1. The van der Waals surface area contributed by atoms with Gasteiger partial charge in [0.05, 0.1) is 29.0 Å². The molecular weight excluding hydrogens is 249 g/mol. The summed E-state index contributed by atoms with van der Waals surface area (Å²) in [5.41, 5.74) is 0.726. The fourth-order valence-electron chi connectivity index (χ4n) is 1.29. The number of aromatic nitrogens is 3. The monoisotopic (exact) mass is 255 g/mol. The molecule has 1 aromatic heterocycles. The van der Waals surface area contributed by atoms with Gasteiger partial charge in [0.2, 0.25) is 0 Å². The largest absolute Gasteiger partial charge is 0.481 e. The van der Waals surface area contributed by atoms with E-state index in [0.717, 1.165) is 0 Å². The molecule has 0 spiro atoms. The average molecular weight is 256 g/mol. The Morgan fingerprint density at radius 3 is 2.94 bits per heavy atom. The molecule has 5 nitrogen and oxygen atoms in total. The second-order valence-electron chi connectivity index (χ2n) is 3.32. The van der Waals surface area contributed by atoms with E-state index in [4.69, 9.17) is 16.7 Å². The van der Waals surface area contributed by atoms with Gasteiger partial charge in [-0.1, -0.05) is 16.8 Å². The molecule has 0 aliphatic heterocycles. The van der Waals surface area contributed by atoms with Crippen molar-refractivity contribution in [1.29, 1.82) is 0 Å². The Kier molecular flexibility index (Phi) is 3.06. The summed E-state index contributed by atoms with van der Waals surface area (Å²) in [5.74, 6) is -1.57. The van der Waals surface area contributed by atoms with Gasteiger partial charge >= 0.3 is 5.97 Å². The normalized spacial score (nSPS) is 10.5. The first kappa shape index (κ1) is 11.5. The Bertz CT molecular complexity index is 570. The van der Waals surface area contributed by atoms with E-state index >= 15 is 0 Å². The molecule has 17 heavy (non-hydrogen) atoms. The van der Waals surface area contributed by atoms with Gasteiger partial charge in [-0.2, -0.15) is 0 Å². The van der Waals surface area contributed by atoms with Crippen molar-refractivity contribution in [2.75, 3.05) is 0 Å². The molecule has 0 saturated heterocycles. The van der Waals surface area contributed by atoms with E-state index in [1.807, 2.05) is 0 Å². The third-order valence-corrected chi connectivity index (χ3v) is 2.35. The summed E-state index contributed by atoms with van der Waals surface area (Å²) in [6.07, 6.45) is 1.20. The van der Waals surface area contributed by atoms with Crippen LogP contribution in [0, 0.1) is 5.82 Å². The third-order valence-electron chi connectivity index (χ3n) is 2.04. The quantitative estimate of drug-likeness (QED) is 0.906. The van der Waals surface area contributed by atoms with Gasteiger partial charge < -0.3 is 5.11 Å². The SMILES string of the molecule is O=C(O)Cc1cn(-c2ccc(Cl)c(F)c2)nn1. The van der Waals surface area contributed by atoms with Crippen LogP contribution in [-0.2, 0) is 11.2 Å². The number of carboxylic acid groups (broad SMARTS) is 1. The Labute approximate surface area is 100 Å². The van der Waals surface area contributed by atoms with Gasteiger partial charge in [0.15, 0.2) is 0 Å². The van der Waals surface area contributed by atoms with Crippen molar-refractivity contribution in [3.63, 3.8) is 0 Å². The summed E-state index contributed by atoms with van der Waals surface area (Å²) in [7, 11) is 0. The minimum atomic E-state index is -1.00. The van der Waals surface area contributed by atoms with E-state index < -0.39 is 11.8 Å². The van der Waals surface area contributed by atoms with Gasteiger partial charge in [0, 0.05) is 6.07 Å². The zero-order valence-corrected chi connectivity index (χ0v) is 9.23. The van der Waals surface area contributed by atoms with Crippen molar-refractivity contribution in [2.24, 2.45) is 0 Å². The summed E-state index contributed by atoms with van der Waals surface area (Å²) in [5, 5.41) is 16.0. The van der Waals surface area contributed by atoms with Crippen molar-refractivity contribution >= 4 is 17.6 Å². The van der Waals surface area contributed by atoms with Crippen molar-refractivity contribution < 1.29 is 14.3 Å². The highest BCUT2D eigenvalue weighted by Gasteiger charge is 2.08. The molecule has 7 heteroatoms. The van der Waals surface area contributed by atoms with Gasteiger partial charge in [-0.15, -0.1) is 5.10 Å². The number of hydrogen-bond acceptors (Lipinski definition) is 3. The molecule has 0 aliphatic rings. The fraction of sp³-hybridized carbons (Fsp3) is 0.100. The summed E-state index contributed by atoms with van der Waals surface area (Å²) in [6.45, 7) is 0. The number of rotatable bonds is 3. The Morgan fingerprint density at radius 1 is 1.53 bits per heavy atom. The van der Waals surface area contributed by atoms with Crippen molar-refractivity contribution in [1.82, 2.24) is 15.0 Å². The first-order chi connectivity index (χ1) is 8.06. The minimum Gasteiger partial charge on any atom is -0.481 e. The van der Waals surface area contributed by atoms with Crippen LogP contribution < -0.4 is 0 Å². The van der Waals surface area contributed by atoms with Gasteiger partial charge in [-0.05, 0) is 12.1 Å². The summed E-state index contributed by atoms with van der Waals surface area (Å²) < 4.78 is 14.5. The Balaban J connectivity index is 2.30. The molecule has 0 atom stereocenters. The van der Waals surface area contributed by atoms with Gasteiger partial charge in [-0.3, -0.25) is 4.79 Å². The molecule has 2 aromatic rings. The van der Waals surface area contributed by atoms with Gasteiger partial charge in [0.1, 0.15) is 5.82 Å². The lowest BCUT2D eigenvalue weighted by atomic mass is 10.3. The molecule has 0 radical (unpaired) electrons. The topological polar surface area (TPSA) is 68.0 Å². The molecule has 88 valence electrons. The zero-order chi connectivity index (χ0) is 12.4. The van der Waals surface area contributed by atoms with Gasteiger partial charge in [0.25, 0.3) is 0 Å². The molecule has 0 bridgehead atoms. The van der Waals surface area contributed by atoms with Crippen LogP contribution in [0.1, 0.15) is 5.69 Å². The average Bonchev–Trinajstić information content (AvgIpc) is 2.69. The maximum atomic E-state index is 13.2. The highest BCUT2D eigenvalue weighted by molar-refractivity contribution is 6.30. The maximum absolute atomic E-state index is 13.2. The summed E-state index contributed by atoms with van der Waals surface area (Å²) in [6, 6.07) is 4.15. The molecule has 0 fully saturated rings. The summed E-state index contributed by atoms with van der Waals surface area (Å²) >= 11 is 5.54. The van der Waals surface area contributed by atoms with E-state index in [0.29, 0.717) is 11.4 Å². The predicted octanol–water partition coefficient (Wildman–Crippen LogP) is 1.69. The number of nitrogens with zero attached hydrogens (tertiary/aromatic N) is 3. The van der Waals surface area contributed by atoms with E-state index in [2.05, 4.69) is 10.3 Å². The lowest BCUT2D eigenvalue weighted by Gasteiger charge is -2.00. The van der Waals surface area contributed by atoms with Crippen molar-refractivity contribution in [2.45, 2.75) is 6.42 Å². The molecule has 0 saturated carbocycles. The molecular formula is C10H7ClFN3O2. The predicted molar refractivity (Wildman–Crippen MR) is 57.7 cm³/mol.